The second-order valence-electron chi connectivity index (χ2n) is 11.1. The number of ether oxygens (including phenoxy) is 2. The minimum Gasteiger partial charge on any atom is -0.457 e. The number of carbonyl (C=O) groups is 3. The summed E-state index contributed by atoms with van der Waals surface area (Å²) < 4.78 is 13.0. The Morgan fingerprint density at radius 1 is 1.20 bits per heavy atom. The molecule has 2 amide bonds. The van der Waals surface area contributed by atoms with Crippen molar-refractivity contribution in [1.29, 1.82) is 0 Å². The molecule has 11 heteroatoms. The fourth-order valence-electron chi connectivity index (χ4n) is 6.59. The average molecular weight is 575 g/mol. The Kier molecular flexibility index (Phi) is 6.29. The SMILES string of the molecule is CC[C@@]1(OC(=O)CCCC[C@@H]2SC[C@@H]3NC(=O)N[C@@H]32)C(=O)OCc2c1cc1n(c2=O)Cc2cc3ccccc3nc2-1. The van der Waals surface area contributed by atoms with Crippen LogP contribution in [0.3, 0.4) is 0 Å². The molecule has 10 nitrogen and oxygen atoms in total. The number of aromatic nitrogens is 2. The monoisotopic (exact) mass is 574 g/mol. The molecule has 2 fully saturated rings. The van der Waals surface area contributed by atoms with Crippen LogP contribution in [0.1, 0.15) is 55.7 Å². The Hall–Kier alpha value is -3.86. The predicted molar refractivity (Wildman–Crippen MR) is 152 cm³/mol. The number of benzene rings is 1. The molecule has 2 N–H and O–H groups in total. The first kappa shape index (κ1) is 26.1. The zero-order valence-electron chi connectivity index (χ0n) is 22.6. The number of fused-ring (bicyclic) bond motifs is 6. The molecule has 1 aromatic carbocycles. The van der Waals surface area contributed by atoms with Crippen molar-refractivity contribution in [2.45, 2.75) is 75.1 Å². The Morgan fingerprint density at radius 2 is 2.05 bits per heavy atom. The van der Waals surface area contributed by atoms with Gasteiger partial charge in [0, 0.05) is 33.9 Å². The predicted octanol–water partition coefficient (Wildman–Crippen LogP) is 3.36. The van der Waals surface area contributed by atoms with E-state index in [1.54, 1.807) is 17.6 Å². The summed E-state index contributed by atoms with van der Waals surface area (Å²) in [5.41, 5.74) is 1.82. The number of pyridine rings is 2. The van der Waals surface area contributed by atoms with Crippen LogP contribution in [0.5, 0.6) is 0 Å². The molecule has 0 unspecified atom stereocenters. The van der Waals surface area contributed by atoms with Gasteiger partial charge in [0.15, 0.2) is 0 Å². The number of nitrogens with one attached hydrogen (secondary N) is 2. The van der Waals surface area contributed by atoms with Crippen molar-refractivity contribution >= 4 is 40.6 Å². The molecule has 2 aromatic heterocycles. The number of para-hydroxylation sites is 1. The average Bonchev–Trinajstić information content (AvgIpc) is 3.64. The van der Waals surface area contributed by atoms with Gasteiger partial charge in [-0.25, -0.2) is 14.6 Å². The number of cyclic esters (lactones) is 1. The van der Waals surface area contributed by atoms with Crippen LogP contribution in [0.4, 0.5) is 4.79 Å². The highest BCUT2D eigenvalue weighted by atomic mass is 32.2. The summed E-state index contributed by atoms with van der Waals surface area (Å²) in [6.07, 6.45) is 2.53. The van der Waals surface area contributed by atoms with Gasteiger partial charge in [-0.15, -0.1) is 0 Å². The molecule has 0 aliphatic carbocycles. The standard InChI is InChI=1S/C30H30N4O6S/c1-2-30(40-24(35)10-6-5-9-23-26-21(15-41-23)32-29(38)33-26)19-12-22-25-17(11-16-7-3-4-8-20(16)31-25)13-34(22)27(36)18(19)14-39-28(30)37/h3-4,7-8,11-12,21,23,26H,2,5-6,9-10,13-15H2,1H3,(H2,32,33,38)/t21-,23-,26-,30-/m0/s1. The minimum atomic E-state index is -1.69. The maximum atomic E-state index is 13.7. The number of urea groups is 1. The summed E-state index contributed by atoms with van der Waals surface area (Å²) >= 11 is 1.83. The molecule has 6 heterocycles. The lowest BCUT2D eigenvalue weighted by atomic mass is 9.85. The van der Waals surface area contributed by atoms with Gasteiger partial charge in [-0.05, 0) is 37.5 Å². The van der Waals surface area contributed by atoms with E-state index < -0.39 is 17.5 Å². The van der Waals surface area contributed by atoms with Crippen LogP contribution in [0.2, 0.25) is 0 Å². The van der Waals surface area contributed by atoms with Crippen molar-refractivity contribution in [3.8, 4) is 11.4 Å². The molecule has 0 radical (unpaired) electrons. The highest BCUT2D eigenvalue weighted by Gasteiger charge is 2.50. The Morgan fingerprint density at radius 3 is 2.90 bits per heavy atom. The maximum Gasteiger partial charge on any atom is 0.355 e. The summed E-state index contributed by atoms with van der Waals surface area (Å²) in [7, 11) is 0. The first-order valence-electron chi connectivity index (χ1n) is 14.1. The third kappa shape index (κ3) is 4.20. The van der Waals surface area contributed by atoms with E-state index in [2.05, 4.69) is 10.6 Å². The first-order chi connectivity index (χ1) is 19.9. The van der Waals surface area contributed by atoms with Crippen molar-refractivity contribution in [1.82, 2.24) is 20.2 Å². The lowest BCUT2D eigenvalue weighted by molar-refractivity contribution is -0.189. The van der Waals surface area contributed by atoms with Crippen LogP contribution in [-0.4, -0.2) is 50.6 Å². The van der Waals surface area contributed by atoms with E-state index in [1.165, 1.54) is 0 Å². The molecule has 41 heavy (non-hydrogen) atoms. The number of hydrogen-bond acceptors (Lipinski definition) is 8. The van der Waals surface area contributed by atoms with E-state index in [9.17, 15) is 19.2 Å². The molecule has 0 spiro atoms. The van der Waals surface area contributed by atoms with E-state index in [0.717, 1.165) is 35.1 Å². The van der Waals surface area contributed by atoms with Crippen LogP contribution >= 0.6 is 11.8 Å². The van der Waals surface area contributed by atoms with E-state index in [0.29, 0.717) is 40.7 Å². The second-order valence-corrected chi connectivity index (χ2v) is 12.4. The van der Waals surface area contributed by atoms with Crippen molar-refractivity contribution in [2.75, 3.05) is 5.75 Å². The molecule has 0 saturated carbocycles. The van der Waals surface area contributed by atoms with Gasteiger partial charge in [-0.3, -0.25) is 9.59 Å². The molecule has 3 aromatic rings. The molecule has 4 atom stereocenters. The molecule has 2 saturated heterocycles. The van der Waals surface area contributed by atoms with Gasteiger partial charge >= 0.3 is 18.0 Å². The quantitative estimate of drug-likeness (QED) is 0.195. The lowest BCUT2D eigenvalue weighted by Crippen LogP contribution is -2.47. The summed E-state index contributed by atoms with van der Waals surface area (Å²) in [5, 5.41) is 7.22. The van der Waals surface area contributed by atoms with Crippen molar-refractivity contribution in [2.24, 2.45) is 0 Å². The maximum absolute atomic E-state index is 13.7. The largest absolute Gasteiger partial charge is 0.457 e. The minimum absolute atomic E-state index is 0.115. The second kappa shape index (κ2) is 9.90. The molecule has 0 bridgehead atoms. The summed E-state index contributed by atoms with van der Waals surface area (Å²) in [6, 6.07) is 11.8. The summed E-state index contributed by atoms with van der Waals surface area (Å²) in [5.74, 6) is -0.279. The number of nitrogens with zero attached hydrogens (tertiary/aromatic N) is 2. The van der Waals surface area contributed by atoms with E-state index in [4.69, 9.17) is 14.5 Å². The molecule has 212 valence electrons. The van der Waals surface area contributed by atoms with Gasteiger partial charge in [0.05, 0.1) is 41.1 Å². The lowest BCUT2D eigenvalue weighted by Gasteiger charge is -2.35. The Bertz CT molecular complexity index is 1670. The molecule has 4 aliphatic rings. The molecule has 4 aliphatic heterocycles. The fourth-order valence-corrected chi connectivity index (χ4v) is 8.13. The van der Waals surface area contributed by atoms with Gasteiger partial charge in [-0.1, -0.05) is 31.5 Å². The van der Waals surface area contributed by atoms with Gasteiger partial charge in [0.2, 0.25) is 5.60 Å². The summed E-state index contributed by atoms with van der Waals surface area (Å²) in [6.45, 7) is 1.97. The van der Waals surface area contributed by atoms with E-state index in [-0.39, 0.29) is 43.1 Å². The molecular weight excluding hydrogens is 544 g/mol. The zero-order valence-corrected chi connectivity index (χ0v) is 23.4. The Balaban J connectivity index is 1.12. The van der Waals surface area contributed by atoms with Gasteiger partial charge in [-0.2, -0.15) is 11.8 Å². The fraction of sp³-hybridized carbons (Fsp3) is 0.433. The van der Waals surface area contributed by atoms with Crippen molar-refractivity contribution < 1.29 is 23.9 Å². The third-order valence-electron chi connectivity index (χ3n) is 8.73. The first-order valence-corrected chi connectivity index (χ1v) is 15.2. The molecule has 7 rings (SSSR count). The zero-order chi connectivity index (χ0) is 28.3. The Labute approximate surface area is 240 Å². The van der Waals surface area contributed by atoms with E-state index in [1.807, 2.05) is 42.1 Å². The third-order valence-corrected chi connectivity index (χ3v) is 10.2. The highest BCUT2D eigenvalue weighted by molar-refractivity contribution is 8.00. The number of thioether (sulfide) groups is 1. The van der Waals surface area contributed by atoms with Crippen LogP contribution < -0.4 is 16.2 Å². The number of hydrogen-bond donors (Lipinski definition) is 2. The van der Waals surface area contributed by atoms with E-state index >= 15 is 0 Å². The van der Waals surface area contributed by atoms with Crippen LogP contribution in [0.15, 0.2) is 41.2 Å². The number of unbranched alkanes of at least 4 members (excludes halogenated alkanes) is 1. The van der Waals surface area contributed by atoms with Crippen LogP contribution in [0, 0.1) is 0 Å². The van der Waals surface area contributed by atoms with Crippen LogP contribution in [0.25, 0.3) is 22.3 Å². The normalized spacial score (nSPS) is 25.5. The van der Waals surface area contributed by atoms with Crippen LogP contribution in [-0.2, 0) is 37.8 Å². The summed E-state index contributed by atoms with van der Waals surface area (Å²) in [4.78, 5) is 56.5. The number of carbonyl (C=O) groups excluding carboxylic acids is 3. The van der Waals surface area contributed by atoms with Crippen molar-refractivity contribution in [3.63, 3.8) is 0 Å². The van der Waals surface area contributed by atoms with Crippen molar-refractivity contribution in [3.05, 3.63) is 63.4 Å². The smallest absolute Gasteiger partial charge is 0.355 e. The number of esters is 2. The van der Waals surface area contributed by atoms with Gasteiger partial charge in [0.25, 0.3) is 5.56 Å². The van der Waals surface area contributed by atoms with Gasteiger partial charge < -0.3 is 24.7 Å². The highest BCUT2D eigenvalue weighted by Crippen LogP contribution is 2.41. The number of amides is 2. The molecular formula is C30H30N4O6S. The van der Waals surface area contributed by atoms with Gasteiger partial charge in [0.1, 0.15) is 6.61 Å². The number of rotatable bonds is 7. The topological polar surface area (TPSA) is 129 Å².